The first-order chi connectivity index (χ1) is 10.8. The summed E-state index contributed by atoms with van der Waals surface area (Å²) in [6, 6.07) is 15.4. The molecule has 2 aromatic rings. The average molecular weight is 299 g/mol. The van der Waals surface area contributed by atoms with E-state index in [0.717, 1.165) is 37.9 Å². The van der Waals surface area contributed by atoms with E-state index in [0.29, 0.717) is 5.75 Å². The second kappa shape index (κ2) is 6.93. The van der Waals surface area contributed by atoms with Gasteiger partial charge in [0.15, 0.2) is 17.8 Å². The third-order valence-corrected chi connectivity index (χ3v) is 4.22. The van der Waals surface area contributed by atoms with Crippen molar-refractivity contribution in [1.82, 2.24) is 4.90 Å². The molecule has 0 radical (unpaired) electrons. The molecule has 3 rings (SSSR count). The zero-order valence-corrected chi connectivity index (χ0v) is 13.0. The van der Waals surface area contributed by atoms with Crippen molar-refractivity contribution in [3.05, 3.63) is 65.5 Å². The van der Waals surface area contributed by atoms with E-state index in [9.17, 15) is 4.39 Å². The van der Waals surface area contributed by atoms with Gasteiger partial charge in [0.05, 0.1) is 0 Å². The highest BCUT2D eigenvalue weighted by atomic mass is 19.1. The molecule has 0 bridgehead atoms. The molecule has 1 fully saturated rings. The molecule has 1 aliphatic heterocycles. The molecule has 0 aliphatic carbocycles. The Morgan fingerprint density at radius 3 is 2.68 bits per heavy atom. The summed E-state index contributed by atoms with van der Waals surface area (Å²) in [5, 5.41) is 0. The molecule has 1 aliphatic rings. The minimum absolute atomic E-state index is 0.0134. The van der Waals surface area contributed by atoms with Gasteiger partial charge in [-0.3, -0.25) is 4.90 Å². The van der Waals surface area contributed by atoms with E-state index in [-0.39, 0.29) is 12.0 Å². The van der Waals surface area contributed by atoms with E-state index in [4.69, 9.17) is 4.74 Å². The van der Waals surface area contributed by atoms with Crippen LogP contribution >= 0.6 is 0 Å². The highest BCUT2D eigenvalue weighted by Crippen LogP contribution is 2.25. The van der Waals surface area contributed by atoms with Crippen LogP contribution in [-0.4, -0.2) is 24.2 Å². The van der Waals surface area contributed by atoms with E-state index in [2.05, 4.69) is 24.0 Å². The SMILES string of the molecule is CCN1CCCC1Oc1ccc(Cc2ccccc2)cc1F. The lowest BCUT2D eigenvalue weighted by molar-refractivity contribution is 0.0613. The van der Waals surface area contributed by atoms with Crippen LogP contribution in [0.1, 0.15) is 30.9 Å². The lowest BCUT2D eigenvalue weighted by atomic mass is 10.0. The van der Waals surface area contributed by atoms with Crippen LogP contribution in [0.15, 0.2) is 48.5 Å². The van der Waals surface area contributed by atoms with Crippen molar-refractivity contribution in [2.75, 3.05) is 13.1 Å². The largest absolute Gasteiger partial charge is 0.472 e. The van der Waals surface area contributed by atoms with Crippen molar-refractivity contribution in [3.63, 3.8) is 0 Å². The fourth-order valence-corrected chi connectivity index (χ4v) is 3.02. The van der Waals surface area contributed by atoms with Gasteiger partial charge in [0.1, 0.15) is 0 Å². The molecule has 0 aromatic heterocycles. The van der Waals surface area contributed by atoms with E-state index in [1.54, 1.807) is 12.1 Å². The van der Waals surface area contributed by atoms with Gasteiger partial charge in [0, 0.05) is 6.54 Å². The zero-order chi connectivity index (χ0) is 15.4. The Labute approximate surface area is 131 Å². The quantitative estimate of drug-likeness (QED) is 0.819. The lowest BCUT2D eigenvalue weighted by Gasteiger charge is -2.24. The van der Waals surface area contributed by atoms with Crippen molar-refractivity contribution < 1.29 is 9.13 Å². The van der Waals surface area contributed by atoms with Crippen molar-refractivity contribution in [2.24, 2.45) is 0 Å². The van der Waals surface area contributed by atoms with Gasteiger partial charge in [-0.05, 0) is 49.1 Å². The Balaban J connectivity index is 1.69. The van der Waals surface area contributed by atoms with Crippen LogP contribution in [0.4, 0.5) is 4.39 Å². The van der Waals surface area contributed by atoms with Gasteiger partial charge in [-0.25, -0.2) is 4.39 Å². The van der Waals surface area contributed by atoms with Gasteiger partial charge in [0.25, 0.3) is 0 Å². The van der Waals surface area contributed by atoms with Crippen LogP contribution in [0.25, 0.3) is 0 Å². The molecule has 116 valence electrons. The lowest BCUT2D eigenvalue weighted by Crippen LogP contribution is -2.33. The minimum Gasteiger partial charge on any atom is -0.472 e. The maximum Gasteiger partial charge on any atom is 0.165 e. The van der Waals surface area contributed by atoms with Gasteiger partial charge in [-0.15, -0.1) is 0 Å². The Bertz CT molecular complexity index is 614. The number of hydrogen-bond acceptors (Lipinski definition) is 2. The molecule has 22 heavy (non-hydrogen) atoms. The molecule has 1 unspecified atom stereocenters. The monoisotopic (exact) mass is 299 g/mol. The summed E-state index contributed by atoms with van der Waals surface area (Å²) in [6.07, 6.45) is 2.84. The molecule has 1 heterocycles. The number of ether oxygens (including phenoxy) is 1. The molecule has 0 spiro atoms. The maximum atomic E-state index is 14.3. The first-order valence-corrected chi connectivity index (χ1v) is 7.99. The first-order valence-electron chi connectivity index (χ1n) is 7.99. The van der Waals surface area contributed by atoms with Gasteiger partial charge in [-0.2, -0.15) is 0 Å². The summed E-state index contributed by atoms with van der Waals surface area (Å²) in [7, 11) is 0. The van der Waals surface area contributed by atoms with Crippen LogP contribution in [0.3, 0.4) is 0 Å². The third-order valence-electron chi connectivity index (χ3n) is 4.22. The van der Waals surface area contributed by atoms with E-state index in [1.807, 2.05) is 24.3 Å². The van der Waals surface area contributed by atoms with E-state index < -0.39 is 0 Å². The number of likely N-dealkylation sites (tertiary alicyclic amines) is 1. The molecule has 0 N–H and O–H groups in total. The molecule has 3 heteroatoms. The van der Waals surface area contributed by atoms with Crippen LogP contribution in [0.5, 0.6) is 5.75 Å². The molecule has 1 saturated heterocycles. The minimum atomic E-state index is -0.267. The predicted octanol–water partition coefficient (Wildman–Crippen LogP) is 4.24. The van der Waals surface area contributed by atoms with Crippen molar-refractivity contribution in [3.8, 4) is 5.75 Å². The Kier molecular flexibility index (Phi) is 4.74. The highest BCUT2D eigenvalue weighted by molar-refractivity contribution is 5.33. The Morgan fingerprint density at radius 2 is 1.95 bits per heavy atom. The maximum absolute atomic E-state index is 14.3. The fraction of sp³-hybridized carbons (Fsp3) is 0.368. The van der Waals surface area contributed by atoms with Gasteiger partial charge in [0.2, 0.25) is 0 Å². The molecular weight excluding hydrogens is 277 g/mol. The van der Waals surface area contributed by atoms with E-state index >= 15 is 0 Å². The van der Waals surface area contributed by atoms with Crippen molar-refractivity contribution >= 4 is 0 Å². The topological polar surface area (TPSA) is 12.5 Å². The normalized spacial score (nSPS) is 18.5. The smallest absolute Gasteiger partial charge is 0.165 e. The predicted molar refractivity (Wildman–Crippen MR) is 86.5 cm³/mol. The summed E-state index contributed by atoms with van der Waals surface area (Å²) >= 11 is 0. The zero-order valence-electron chi connectivity index (χ0n) is 13.0. The summed E-state index contributed by atoms with van der Waals surface area (Å²) in [4.78, 5) is 2.25. The van der Waals surface area contributed by atoms with Crippen LogP contribution in [-0.2, 0) is 6.42 Å². The van der Waals surface area contributed by atoms with Gasteiger partial charge in [-0.1, -0.05) is 43.3 Å². The third kappa shape index (κ3) is 3.47. The van der Waals surface area contributed by atoms with Crippen LogP contribution in [0.2, 0.25) is 0 Å². The number of rotatable bonds is 5. The van der Waals surface area contributed by atoms with Gasteiger partial charge < -0.3 is 4.74 Å². The second-order valence-corrected chi connectivity index (χ2v) is 5.77. The fourth-order valence-electron chi connectivity index (χ4n) is 3.02. The molecule has 0 saturated carbocycles. The van der Waals surface area contributed by atoms with Gasteiger partial charge >= 0.3 is 0 Å². The summed E-state index contributed by atoms with van der Waals surface area (Å²) in [5.41, 5.74) is 2.15. The van der Waals surface area contributed by atoms with E-state index in [1.165, 1.54) is 5.56 Å². The molecule has 1 atom stereocenters. The molecule has 2 aromatic carbocycles. The van der Waals surface area contributed by atoms with Crippen molar-refractivity contribution in [2.45, 2.75) is 32.4 Å². The number of hydrogen-bond donors (Lipinski definition) is 0. The Hall–Kier alpha value is -1.87. The Morgan fingerprint density at radius 1 is 1.14 bits per heavy atom. The molecule has 2 nitrogen and oxygen atoms in total. The number of benzene rings is 2. The highest BCUT2D eigenvalue weighted by Gasteiger charge is 2.25. The molecule has 0 amide bonds. The average Bonchev–Trinajstić information content (AvgIpc) is 2.98. The molecular formula is C19H22FNO. The van der Waals surface area contributed by atoms with Crippen LogP contribution < -0.4 is 4.74 Å². The second-order valence-electron chi connectivity index (χ2n) is 5.77. The number of nitrogens with zero attached hydrogens (tertiary/aromatic N) is 1. The van der Waals surface area contributed by atoms with Crippen LogP contribution in [0, 0.1) is 5.82 Å². The summed E-state index contributed by atoms with van der Waals surface area (Å²) in [5.74, 6) is 0.0959. The summed E-state index contributed by atoms with van der Waals surface area (Å²) < 4.78 is 20.2. The van der Waals surface area contributed by atoms with Crippen molar-refractivity contribution in [1.29, 1.82) is 0 Å². The first kappa shape index (κ1) is 15.0. The number of halogens is 1. The summed E-state index contributed by atoms with van der Waals surface area (Å²) in [6.45, 7) is 4.09. The standard InChI is InChI=1S/C19H22FNO/c1-2-21-12-6-9-19(21)22-18-11-10-16(14-17(18)20)13-15-7-4-3-5-8-15/h3-5,7-8,10-11,14,19H,2,6,9,12-13H2,1H3.